The topological polar surface area (TPSA) is 44.8 Å². The highest BCUT2D eigenvalue weighted by Gasteiger charge is 2.34. The lowest BCUT2D eigenvalue weighted by atomic mass is 10.2. The van der Waals surface area contributed by atoms with Gasteiger partial charge in [-0.2, -0.15) is 0 Å². The molecule has 17 heavy (non-hydrogen) atoms. The molecule has 0 heterocycles. The third-order valence-electron chi connectivity index (χ3n) is 1.73. The van der Waals surface area contributed by atoms with E-state index in [1.807, 2.05) is 0 Å². The summed E-state index contributed by atoms with van der Waals surface area (Å²) in [5, 5.41) is 0. The van der Waals surface area contributed by atoms with E-state index in [2.05, 4.69) is 19.7 Å². The van der Waals surface area contributed by atoms with Crippen LogP contribution < -0.4 is 0 Å². The average molecular weight is 240 g/mol. The Kier molecular flexibility index (Phi) is 8.23. The van der Waals surface area contributed by atoms with Gasteiger partial charge in [0.05, 0.1) is 26.2 Å². The highest BCUT2D eigenvalue weighted by atomic mass is 16.9. The molecule has 0 amide bonds. The van der Waals surface area contributed by atoms with Gasteiger partial charge in [-0.05, 0) is 6.92 Å². The van der Waals surface area contributed by atoms with Crippen LogP contribution in [0.1, 0.15) is 13.3 Å². The number of carbonyl (C=O) groups excluding carboxylic acids is 1. The number of ether oxygens (including phenoxy) is 3. The van der Waals surface area contributed by atoms with Crippen molar-refractivity contribution in [2.24, 2.45) is 0 Å². The van der Waals surface area contributed by atoms with E-state index in [1.165, 1.54) is 6.92 Å². The molecule has 0 radical (unpaired) electrons. The second kappa shape index (κ2) is 8.87. The summed E-state index contributed by atoms with van der Waals surface area (Å²) in [5.41, 5.74) is 0. The molecule has 0 aliphatic carbocycles. The summed E-state index contributed by atoms with van der Waals surface area (Å²) in [6.45, 7) is 12.7. The van der Waals surface area contributed by atoms with E-state index >= 15 is 0 Å². The van der Waals surface area contributed by atoms with Gasteiger partial charge in [-0.15, -0.1) is 19.7 Å². The number of carbonyl (C=O) groups is 1. The minimum Gasteiger partial charge on any atom is -0.323 e. The van der Waals surface area contributed by atoms with Crippen LogP contribution in [0.3, 0.4) is 0 Å². The normalized spacial score (nSPS) is 10.9. The van der Waals surface area contributed by atoms with Crippen LogP contribution in [-0.2, 0) is 19.0 Å². The fourth-order valence-corrected chi connectivity index (χ4v) is 1.14. The van der Waals surface area contributed by atoms with Crippen molar-refractivity contribution in [1.29, 1.82) is 0 Å². The quantitative estimate of drug-likeness (QED) is 0.410. The number of ketones is 1. The van der Waals surface area contributed by atoms with Gasteiger partial charge in [-0.1, -0.05) is 18.2 Å². The minimum absolute atomic E-state index is 0.00250. The molecule has 0 aromatic heterocycles. The lowest BCUT2D eigenvalue weighted by Gasteiger charge is -2.31. The molecule has 0 fully saturated rings. The lowest BCUT2D eigenvalue weighted by Crippen LogP contribution is -2.41. The van der Waals surface area contributed by atoms with E-state index in [-0.39, 0.29) is 32.0 Å². The van der Waals surface area contributed by atoms with Gasteiger partial charge in [-0.3, -0.25) is 4.79 Å². The summed E-state index contributed by atoms with van der Waals surface area (Å²) in [5.74, 6) is -1.48. The highest BCUT2D eigenvalue weighted by molar-refractivity contribution is 5.76. The maximum absolute atomic E-state index is 11.2. The van der Waals surface area contributed by atoms with Crippen molar-refractivity contribution in [2.45, 2.75) is 19.3 Å². The summed E-state index contributed by atoms with van der Waals surface area (Å²) in [6.07, 6.45) is 4.68. The lowest BCUT2D eigenvalue weighted by molar-refractivity contribution is -0.368. The van der Waals surface area contributed by atoms with Crippen LogP contribution in [-0.4, -0.2) is 31.6 Å². The smallest absolute Gasteiger partial charge is 0.291 e. The molecular weight excluding hydrogens is 220 g/mol. The van der Waals surface area contributed by atoms with E-state index in [1.54, 1.807) is 18.2 Å². The zero-order valence-electron chi connectivity index (χ0n) is 10.3. The molecule has 0 aromatic carbocycles. The predicted molar refractivity (Wildman–Crippen MR) is 66.5 cm³/mol. The molecule has 0 spiro atoms. The first-order valence-corrected chi connectivity index (χ1v) is 5.34. The van der Waals surface area contributed by atoms with Crippen molar-refractivity contribution in [3.63, 3.8) is 0 Å². The first kappa shape index (κ1) is 15.8. The van der Waals surface area contributed by atoms with Crippen LogP contribution in [0.5, 0.6) is 0 Å². The molecule has 0 rings (SSSR count). The van der Waals surface area contributed by atoms with Gasteiger partial charge >= 0.3 is 0 Å². The van der Waals surface area contributed by atoms with Crippen molar-refractivity contribution >= 4 is 5.78 Å². The molecule has 0 saturated carbocycles. The zero-order valence-corrected chi connectivity index (χ0v) is 10.3. The van der Waals surface area contributed by atoms with Crippen molar-refractivity contribution in [1.82, 2.24) is 0 Å². The Labute approximate surface area is 103 Å². The van der Waals surface area contributed by atoms with Crippen LogP contribution in [0.2, 0.25) is 0 Å². The van der Waals surface area contributed by atoms with Crippen molar-refractivity contribution in [3.05, 3.63) is 38.0 Å². The van der Waals surface area contributed by atoms with Gasteiger partial charge in [0.1, 0.15) is 5.78 Å². The summed E-state index contributed by atoms with van der Waals surface area (Å²) in [7, 11) is 0. The van der Waals surface area contributed by atoms with Crippen LogP contribution in [0.15, 0.2) is 38.0 Å². The highest BCUT2D eigenvalue weighted by Crippen LogP contribution is 2.21. The van der Waals surface area contributed by atoms with Gasteiger partial charge in [0.15, 0.2) is 0 Å². The van der Waals surface area contributed by atoms with Gasteiger partial charge in [0.25, 0.3) is 5.97 Å². The van der Waals surface area contributed by atoms with Gasteiger partial charge in [-0.25, -0.2) is 0 Å². The van der Waals surface area contributed by atoms with E-state index < -0.39 is 5.97 Å². The molecule has 0 aliphatic rings. The summed E-state index contributed by atoms with van der Waals surface area (Å²) in [6, 6.07) is 0. The van der Waals surface area contributed by atoms with Gasteiger partial charge in [0, 0.05) is 0 Å². The Bertz CT molecular complexity index is 239. The van der Waals surface area contributed by atoms with Crippen LogP contribution in [0, 0.1) is 0 Å². The minimum atomic E-state index is -1.39. The van der Waals surface area contributed by atoms with Crippen LogP contribution >= 0.6 is 0 Å². The van der Waals surface area contributed by atoms with E-state index in [9.17, 15) is 4.79 Å². The average Bonchev–Trinajstić information content (AvgIpc) is 2.30. The molecule has 0 unspecified atom stereocenters. The number of Topliss-reactive ketones (excluding diaryl/α,β-unsaturated/α-hetero) is 1. The second-order valence-corrected chi connectivity index (χ2v) is 3.36. The van der Waals surface area contributed by atoms with Crippen molar-refractivity contribution < 1.29 is 19.0 Å². The molecule has 0 bridgehead atoms. The zero-order chi connectivity index (χ0) is 13.1. The van der Waals surface area contributed by atoms with E-state index in [0.717, 1.165) is 0 Å². The first-order chi connectivity index (χ1) is 8.10. The SMILES string of the molecule is C=CCOC(CC(C)=O)(OCC=C)OCC=C. The molecule has 0 aliphatic heterocycles. The Morgan fingerprint density at radius 3 is 1.59 bits per heavy atom. The maximum atomic E-state index is 11.2. The summed E-state index contributed by atoms with van der Waals surface area (Å²) in [4.78, 5) is 11.2. The predicted octanol–water partition coefficient (Wildman–Crippen LogP) is 2.23. The van der Waals surface area contributed by atoms with Crippen LogP contribution in [0.25, 0.3) is 0 Å². The first-order valence-electron chi connectivity index (χ1n) is 5.34. The number of hydrogen-bond donors (Lipinski definition) is 0. The molecule has 4 nitrogen and oxygen atoms in total. The fraction of sp³-hybridized carbons (Fsp3) is 0.462. The Balaban J connectivity index is 4.73. The van der Waals surface area contributed by atoms with Crippen molar-refractivity contribution in [2.75, 3.05) is 19.8 Å². The monoisotopic (exact) mass is 240 g/mol. The third kappa shape index (κ3) is 6.84. The summed E-state index contributed by atoms with van der Waals surface area (Å²) < 4.78 is 16.2. The van der Waals surface area contributed by atoms with Gasteiger partial charge in [0.2, 0.25) is 0 Å². The third-order valence-corrected chi connectivity index (χ3v) is 1.73. The molecule has 0 saturated heterocycles. The number of hydrogen-bond acceptors (Lipinski definition) is 4. The van der Waals surface area contributed by atoms with Crippen LogP contribution in [0.4, 0.5) is 0 Å². The molecule has 96 valence electrons. The maximum Gasteiger partial charge on any atom is 0.291 e. The molecule has 0 aromatic rings. The van der Waals surface area contributed by atoms with E-state index in [4.69, 9.17) is 14.2 Å². The molecule has 0 atom stereocenters. The Morgan fingerprint density at radius 1 is 1.00 bits per heavy atom. The number of rotatable bonds is 11. The molecule has 4 heteroatoms. The van der Waals surface area contributed by atoms with Gasteiger partial charge < -0.3 is 14.2 Å². The second-order valence-electron chi connectivity index (χ2n) is 3.36. The Morgan fingerprint density at radius 2 is 1.35 bits per heavy atom. The van der Waals surface area contributed by atoms with E-state index in [0.29, 0.717) is 0 Å². The molecule has 0 N–H and O–H groups in total. The Hall–Kier alpha value is -1.23. The summed E-state index contributed by atoms with van der Waals surface area (Å²) >= 11 is 0. The standard InChI is InChI=1S/C13H20O4/c1-5-8-15-13(11-12(4)14,16-9-6-2)17-10-7-3/h5-7H,1-3,8-11H2,4H3. The fourth-order valence-electron chi connectivity index (χ4n) is 1.14. The van der Waals surface area contributed by atoms with Crippen molar-refractivity contribution in [3.8, 4) is 0 Å². The molecular formula is C13H20O4. The largest absolute Gasteiger partial charge is 0.323 e.